The molecule has 1 aromatic carbocycles. The van der Waals surface area contributed by atoms with Crippen LogP contribution in [0.4, 0.5) is 15.0 Å². The van der Waals surface area contributed by atoms with Crippen LogP contribution >= 0.6 is 0 Å². The second-order valence-electron chi connectivity index (χ2n) is 8.95. The predicted molar refractivity (Wildman–Crippen MR) is 115 cm³/mol. The number of hydrogen-bond donors (Lipinski definition) is 1. The summed E-state index contributed by atoms with van der Waals surface area (Å²) in [5.74, 6) is 0.876. The Morgan fingerprint density at radius 1 is 1.23 bits per heavy atom. The second-order valence-corrected chi connectivity index (χ2v) is 13.4. The molecule has 1 aliphatic heterocycles. The third-order valence-electron chi connectivity index (χ3n) is 5.51. The maximum Gasteiger partial charge on any atom is 0.329 e. The van der Waals surface area contributed by atoms with Gasteiger partial charge in [0.1, 0.15) is 5.82 Å². The number of allylic oxidation sites excluding steroid dienone is 2. The number of rotatable bonds is 4. The number of nitrogens with one attached hydrogen (secondary N) is 1. The number of halogens is 1. The summed E-state index contributed by atoms with van der Waals surface area (Å²) in [5.41, 5.74) is 1.43. The van der Waals surface area contributed by atoms with E-state index in [1.165, 1.54) is 11.0 Å². The maximum absolute atomic E-state index is 15.1. The quantitative estimate of drug-likeness (QED) is 0.739. The molecule has 4 rings (SSSR count). The number of nitrogens with zero attached hydrogens (tertiary/aromatic N) is 3. The largest absolute Gasteiger partial charge is 0.548 e. The average molecular weight is 431 g/mol. The minimum atomic E-state index is -1.64. The smallest absolute Gasteiger partial charge is 0.329 e. The molecule has 1 saturated heterocycles. The van der Waals surface area contributed by atoms with Crippen LogP contribution in [-0.4, -0.2) is 36.6 Å². The van der Waals surface area contributed by atoms with Gasteiger partial charge >= 0.3 is 6.03 Å². The number of urea groups is 1. The van der Waals surface area contributed by atoms with Crippen LogP contribution in [-0.2, 0) is 16.3 Å². The number of anilines is 1. The minimum absolute atomic E-state index is 0.0811. The molecule has 1 aromatic heterocycles. The first-order valence-electron chi connectivity index (χ1n) is 10.3. The van der Waals surface area contributed by atoms with Gasteiger partial charge in [0, 0.05) is 31.8 Å². The summed E-state index contributed by atoms with van der Waals surface area (Å²) in [6.07, 6.45) is 4.68. The average Bonchev–Trinajstić information content (AvgIpc) is 2.96. The Balaban J connectivity index is 1.63. The molecule has 160 valence electrons. The molecule has 30 heavy (non-hydrogen) atoms. The monoisotopic (exact) mass is 430 g/mol. The summed E-state index contributed by atoms with van der Waals surface area (Å²) in [6.45, 7) is 6.71. The van der Waals surface area contributed by atoms with E-state index >= 15 is 4.39 Å². The van der Waals surface area contributed by atoms with Crippen LogP contribution in [0.3, 0.4) is 0 Å². The highest BCUT2D eigenvalue weighted by atomic mass is 28.4. The molecule has 7 nitrogen and oxygen atoms in total. The fraction of sp³-hybridized carbons (Fsp3) is 0.476. The van der Waals surface area contributed by atoms with E-state index in [0.717, 1.165) is 30.5 Å². The molecule has 2 aromatic rings. The number of amides is 3. The van der Waals surface area contributed by atoms with Crippen molar-refractivity contribution in [1.29, 1.82) is 0 Å². The number of benzene rings is 1. The summed E-state index contributed by atoms with van der Waals surface area (Å²) in [5, 5.41) is 7.30. The van der Waals surface area contributed by atoms with Crippen LogP contribution in [0.25, 0.3) is 10.9 Å². The fourth-order valence-electron chi connectivity index (χ4n) is 4.13. The summed E-state index contributed by atoms with van der Waals surface area (Å²) < 4.78 is 22.9. The van der Waals surface area contributed by atoms with Gasteiger partial charge in [-0.15, -0.1) is 0 Å². The lowest BCUT2D eigenvalue weighted by Gasteiger charge is -2.28. The Morgan fingerprint density at radius 2 is 2.00 bits per heavy atom. The molecule has 1 N–H and O–H groups in total. The van der Waals surface area contributed by atoms with Crippen LogP contribution in [0, 0.1) is 5.82 Å². The van der Waals surface area contributed by atoms with E-state index in [0.29, 0.717) is 16.8 Å². The van der Waals surface area contributed by atoms with Crippen LogP contribution in [0.15, 0.2) is 24.0 Å². The van der Waals surface area contributed by atoms with Gasteiger partial charge in [-0.1, -0.05) is 0 Å². The van der Waals surface area contributed by atoms with E-state index < -0.39 is 14.3 Å². The highest BCUT2D eigenvalue weighted by Crippen LogP contribution is 2.38. The SMILES string of the molecule is Cn1nc(N2CCC(=O)NC2=O)c2cc(F)c(C3CC=C(O[Si](C)(C)C)CC3)cc21. The Bertz CT molecular complexity index is 1060. The third kappa shape index (κ3) is 3.98. The molecule has 1 aliphatic carbocycles. The van der Waals surface area contributed by atoms with Crippen molar-refractivity contribution in [3.8, 4) is 0 Å². The lowest BCUT2D eigenvalue weighted by Crippen LogP contribution is -2.49. The molecule has 0 radical (unpaired) electrons. The van der Waals surface area contributed by atoms with E-state index in [1.54, 1.807) is 11.7 Å². The summed E-state index contributed by atoms with van der Waals surface area (Å²) in [6, 6.07) is 2.79. The van der Waals surface area contributed by atoms with Gasteiger partial charge in [0.15, 0.2) is 5.82 Å². The molecule has 2 heterocycles. The van der Waals surface area contributed by atoms with Gasteiger partial charge in [-0.05, 0) is 62.2 Å². The van der Waals surface area contributed by atoms with Gasteiger partial charge < -0.3 is 4.43 Å². The molecule has 1 unspecified atom stereocenters. The van der Waals surface area contributed by atoms with Crippen molar-refractivity contribution in [3.63, 3.8) is 0 Å². The zero-order valence-corrected chi connectivity index (χ0v) is 18.8. The standard InChI is InChI=1S/C21H27FN4O3Si/c1-25-18-12-15(13-5-7-14(8-6-13)29-30(2,3)4)17(22)11-16(18)20(24-25)26-10-9-19(27)23-21(26)28/h7,11-13H,5-6,8-10H2,1-4H3,(H,23,27,28). The first kappa shape index (κ1) is 20.6. The van der Waals surface area contributed by atoms with Crippen molar-refractivity contribution in [2.24, 2.45) is 7.05 Å². The third-order valence-corrected chi connectivity index (χ3v) is 6.38. The van der Waals surface area contributed by atoms with Gasteiger partial charge in [-0.3, -0.25) is 19.7 Å². The molecule has 3 amide bonds. The Hall–Kier alpha value is -2.68. The van der Waals surface area contributed by atoms with E-state index in [9.17, 15) is 9.59 Å². The van der Waals surface area contributed by atoms with Crippen molar-refractivity contribution in [2.75, 3.05) is 11.4 Å². The van der Waals surface area contributed by atoms with E-state index in [4.69, 9.17) is 4.43 Å². The van der Waals surface area contributed by atoms with E-state index in [-0.39, 0.29) is 30.6 Å². The van der Waals surface area contributed by atoms with Crippen molar-refractivity contribution in [1.82, 2.24) is 15.1 Å². The Morgan fingerprint density at radius 3 is 2.63 bits per heavy atom. The van der Waals surface area contributed by atoms with Crippen molar-refractivity contribution in [3.05, 3.63) is 35.3 Å². The van der Waals surface area contributed by atoms with Gasteiger partial charge in [0.25, 0.3) is 0 Å². The summed E-state index contributed by atoms with van der Waals surface area (Å²) >= 11 is 0. The number of fused-ring (bicyclic) bond motifs is 1. The van der Waals surface area contributed by atoms with Gasteiger partial charge in [-0.25, -0.2) is 9.18 Å². The van der Waals surface area contributed by atoms with E-state index in [2.05, 4.69) is 36.1 Å². The highest BCUT2D eigenvalue weighted by molar-refractivity contribution is 6.70. The Labute approximate surface area is 176 Å². The summed E-state index contributed by atoms with van der Waals surface area (Å²) in [4.78, 5) is 25.1. The van der Waals surface area contributed by atoms with Gasteiger partial charge in [0.05, 0.1) is 11.3 Å². The molecule has 0 spiro atoms. The summed E-state index contributed by atoms with van der Waals surface area (Å²) in [7, 11) is 0.142. The molecule has 1 atom stereocenters. The topological polar surface area (TPSA) is 76.5 Å². The number of carbonyl (C=O) groups is 2. The Kier molecular flexibility index (Phi) is 5.17. The predicted octanol–water partition coefficient (Wildman–Crippen LogP) is 4.16. The van der Waals surface area contributed by atoms with Crippen molar-refractivity contribution >= 4 is 37.0 Å². The number of aryl methyl sites for hydroxylation is 1. The van der Waals surface area contributed by atoms with Crippen LogP contribution in [0.2, 0.25) is 19.6 Å². The first-order chi connectivity index (χ1) is 14.1. The fourth-order valence-corrected chi connectivity index (χ4v) is 5.10. The zero-order valence-electron chi connectivity index (χ0n) is 17.8. The molecule has 2 aliphatic rings. The van der Waals surface area contributed by atoms with E-state index in [1.807, 2.05) is 6.07 Å². The molecule has 9 heteroatoms. The number of carbonyl (C=O) groups excluding carboxylic acids is 2. The minimum Gasteiger partial charge on any atom is -0.548 e. The molecule has 0 bridgehead atoms. The lowest BCUT2D eigenvalue weighted by atomic mass is 9.86. The molecule has 1 fully saturated rings. The molecule has 0 saturated carbocycles. The van der Waals surface area contributed by atoms with Crippen molar-refractivity contribution < 1.29 is 18.4 Å². The first-order valence-corrected chi connectivity index (χ1v) is 13.7. The molecular weight excluding hydrogens is 403 g/mol. The highest BCUT2D eigenvalue weighted by Gasteiger charge is 2.30. The molecular formula is C21H27FN4O3Si. The zero-order chi connectivity index (χ0) is 21.6. The second kappa shape index (κ2) is 7.53. The van der Waals surface area contributed by atoms with Crippen LogP contribution in [0.5, 0.6) is 0 Å². The number of hydrogen-bond acceptors (Lipinski definition) is 4. The normalized spacial score (nSPS) is 20.4. The number of aromatic nitrogens is 2. The van der Waals surface area contributed by atoms with Crippen LogP contribution < -0.4 is 10.2 Å². The van der Waals surface area contributed by atoms with Gasteiger partial charge in [0.2, 0.25) is 14.2 Å². The van der Waals surface area contributed by atoms with Gasteiger partial charge in [-0.2, -0.15) is 5.10 Å². The maximum atomic E-state index is 15.1. The lowest BCUT2D eigenvalue weighted by molar-refractivity contribution is -0.120. The number of imide groups is 1. The van der Waals surface area contributed by atoms with Crippen LogP contribution in [0.1, 0.15) is 37.2 Å². The van der Waals surface area contributed by atoms with Crippen molar-refractivity contribution in [2.45, 2.75) is 51.2 Å².